The van der Waals surface area contributed by atoms with Crippen molar-refractivity contribution >= 4 is 17.4 Å². The molecule has 2 aromatic rings. The summed E-state index contributed by atoms with van der Waals surface area (Å²) in [6.45, 7) is 5.30. The summed E-state index contributed by atoms with van der Waals surface area (Å²) in [6, 6.07) is 10.7. The summed E-state index contributed by atoms with van der Waals surface area (Å²) in [5.41, 5.74) is 0.461. The first-order valence-corrected chi connectivity index (χ1v) is 8.07. The van der Waals surface area contributed by atoms with Crippen molar-refractivity contribution in [3.63, 3.8) is 0 Å². The molecule has 7 nitrogen and oxygen atoms in total. The average Bonchev–Trinajstić information content (AvgIpc) is 2.61. The zero-order chi connectivity index (χ0) is 19.3. The Kier molecular flexibility index (Phi) is 6.06. The summed E-state index contributed by atoms with van der Waals surface area (Å²) in [5.74, 6) is -0.511. The van der Waals surface area contributed by atoms with Crippen molar-refractivity contribution in [2.45, 2.75) is 26.9 Å². The molecule has 0 aliphatic carbocycles. The van der Waals surface area contributed by atoms with Gasteiger partial charge in [-0.2, -0.15) is 0 Å². The van der Waals surface area contributed by atoms with E-state index >= 15 is 0 Å². The molecule has 0 radical (unpaired) electrons. The second kappa shape index (κ2) is 8.24. The number of hydrogen-bond acceptors (Lipinski definition) is 6. The lowest BCUT2D eigenvalue weighted by Gasteiger charge is -2.14. The maximum atomic E-state index is 12.4. The van der Waals surface area contributed by atoms with Crippen LogP contribution in [-0.2, 0) is 4.74 Å². The summed E-state index contributed by atoms with van der Waals surface area (Å²) >= 11 is 0. The molecule has 136 valence electrons. The Morgan fingerprint density at radius 2 is 1.81 bits per heavy atom. The van der Waals surface area contributed by atoms with Gasteiger partial charge in [-0.25, -0.2) is 4.79 Å². The van der Waals surface area contributed by atoms with Crippen LogP contribution in [0, 0.1) is 17.0 Å². The number of carbonyl (C=O) groups excluding carboxylic acids is 2. The normalized spacial score (nSPS) is 11.5. The molecule has 0 amide bonds. The third kappa shape index (κ3) is 4.24. The van der Waals surface area contributed by atoms with Gasteiger partial charge in [0.1, 0.15) is 5.75 Å². The highest BCUT2D eigenvalue weighted by molar-refractivity contribution is 6.01. The van der Waals surface area contributed by atoms with Gasteiger partial charge in [-0.05, 0) is 51.1 Å². The number of esters is 1. The number of benzene rings is 2. The van der Waals surface area contributed by atoms with Crippen LogP contribution in [0.25, 0.3) is 0 Å². The fourth-order valence-electron chi connectivity index (χ4n) is 2.44. The van der Waals surface area contributed by atoms with Gasteiger partial charge in [-0.3, -0.25) is 14.9 Å². The lowest BCUT2D eigenvalue weighted by atomic mass is 10.1. The molecular formula is C19H19NO6. The van der Waals surface area contributed by atoms with Gasteiger partial charge in [0.2, 0.25) is 5.78 Å². The largest absolute Gasteiger partial charge is 0.494 e. The van der Waals surface area contributed by atoms with Gasteiger partial charge >= 0.3 is 5.97 Å². The predicted octanol–water partition coefficient (Wildman–Crippen LogP) is 3.73. The molecule has 7 heteroatoms. The van der Waals surface area contributed by atoms with E-state index in [1.807, 2.05) is 6.92 Å². The Labute approximate surface area is 150 Å². The summed E-state index contributed by atoms with van der Waals surface area (Å²) in [5, 5.41) is 11.0. The third-order valence-corrected chi connectivity index (χ3v) is 3.82. The molecule has 1 atom stereocenters. The number of carbonyl (C=O) groups is 2. The fourth-order valence-corrected chi connectivity index (χ4v) is 2.44. The Bertz CT molecular complexity index is 828. The lowest BCUT2D eigenvalue weighted by Crippen LogP contribution is -2.25. The molecule has 0 aliphatic rings. The molecular weight excluding hydrogens is 338 g/mol. The predicted molar refractivity (Wildman–Crippen MR) is 94.7 cm³/mol. The smallest absolute Gasteiger partial charge is 0.339 e. The number of hydrogen-bond donors (Lipinski definition) is 0. The number of nitro groups is 1. The second-order valence-corrected chi connectivity index (χ2v) is 5.58. The van der Waals surface area contributed by atoms with Crippen LogP contribution < -0.4 is 4.74 Å². The van der Waals surface area contributed by atoms with Crippen LogP contribution in [0.4, 0.5) is 5.69 Å². The molecule has 0 heterocycles. The summed E-state index contributed by atoms with van der Waals surface area (Å²) < 4.78 is 10.5. The average molecular weight is 357 g/mol. The van der Waals surface area contributed by atoms with Crippen molar-refractivity contribution in [3.8, 4) is 5.75 Å². The quantitative estimate of drug-likeness (QED) is 0.324. The van der Waals surface area contributed by atoms with Crippen molar-refractivity contribution in [2.24, 2.45) is 0 Å². The Hall–Kier alpha value is -3.22. The minimum absolute atomic E-state index is 0.0607. The van der Waals surface area contributed by atoms with Gasteiger partial charge < -0.3 is 9.47 Å². The van der Waals surface area contributed by atoms with Crippen LogP contribution in [0.3, 0.4) is 0 Å². The maximum Gasteiger partial charge on any atom is 0.339 e. The molecule has 0 fully saturated rings. The van der Waals surface area contributed by atoms with Crippen molar-refractivity contribution in [1.29, 1.82) is 0 Å². The molecule has 0 saturated heterocycles. The Balaban J connectivity index is 2.12. The van der Waals surface area contributed by atoms with E-state index in [1.165, 1.54) is 32.0 Å². The monoisotopic (exact) mass is 357 g/mol. The van der Waals surface area contributed by atoms with Gasteiger partial charge in [0.25, 0.3) is 5.69 Å². The summed E-state index contributed by atoms with van der Waals surface area (Å²) in [4.78, 5) is 35.1. The standard InChI is InChI=1S/C19H19NO6/c1-4-25-15-10-8-14(9-11-15)18(21)13(3)26-19(22)16-6-5-7-17(12(16)2)20(23)24/h5-11,13H,4H2,1-3H3/t13-/m0/s1. The van der Waals surface area contributed by atoms with E-state index in [1.54, 1.807) is 24.3 Å². The highest BCUT2D eigenvalue weighted by Gasteiger charge is 2.24. The molecule has 26 heavy (non-hydrogen) atoms. The van der Waals surface area contributed by atoms with Crippen LogP contribution >= 0.6 is 0 Å². The number of rotatable bonds is 7. The van der Waals surface area contributed by atoms with Crippen LogP contribution in [0.1, 0.15) is 40.1 Å². The molecule has 0 bridgehead atoms. The van der Waals surface area contributed by atoms with E-state index in [-0.39, 0.29) is 22.6 Å². The Morgan fingerprint density at radius 1 is 1.15 bits per heavy atom. The van der Waals surface area contributed by atoms with Crippen LogP contribution in [-0.4, -0.2) is 29.4 Å². The fraction of sp³-hybridized carbons (Fsp3) is 0.263. The van der Waals surface area contributed by atoms with Crippen molar-refractivity contribution in [2.75, 3.05) is 6.61 Å². The van der Waals surface area contributed by atoms with Crippen molar-refractivity contribution in [3.05, 3.63) is 69.3 Å². The first-order valence-electron chi connectivity index (χ1n) is 8.07. The first kappa shape index (κ1) is 19.1. The molecule has 0 spiro atoms. The van der Waals surface area contributed by atoms with E-state index in [0.717, 1.165) is 0 Å². The zero-order valence-electron chi connectivity index (χ0n) is 14.7. The van der Waals surface area contributed by atoms with E-state index in [2.05, 4.69) is 0 Å². The molecule has 0 aromatic heterocycles. The van der Waals surface area contributed by atoms with Crippen molar-refractivity contribution in [1.82, 2.24) is 0 Å². The lowest BCUT2D eigenvalue weighted by molar-refractivity contribution is -0.385. The van der Waals surface area contributed by atoms with E-state index in [0.29, 0.717) is 17.9 Å². The third-order valence-electron chi connectivity index (χ3n) is 3.82. The van der Waals surface area contributed by atoms with Gasteiger partial charge in [0.15, 0.2) is 6.10 Å². The number of Topliss-reactive ketones (excluding diaryl/α,β-unsaturated/α-hetero) is 1. The Morgan fingerprint density at radius 3 is 2.38 bits per heavy atom. The minimum atomic E-state index is -1.03. The van der Waals surface area contributed by atoms with Gasteiger partial charge in [0.05, 0.1) is 17.1 Å². The minimum Gasteiger partial charge on any atom is -0.494 e. The van der Waals surface area contributed by atoms with E-state index in [4.69, 9.17) is 9.47 Å². The second-order valence-electron chi connectivity index (χ2n) is 5.58. The summed E-state index contributed by atoms with van der Waals surface area (Å²) in [7, 11) is 0. The van der Waals surface area contributed by atoms with Crippen LogP contribution in [0.15, 0.2) is 42.5 Å². The topological polar surface area (TPSA) is 95.7 Å². The van der Waals surface area contributed by atoms with Crippen LogP contribution in [0.5, 0.6) is 5.75 Å². The molecule has 0 aliphatic heterocycles. The van der Waals surface area contributed by atoms with Gasteiger partial charge in [0, 0.05) is 17.2 Å². The number of nitrogens with zero attached hydrogens (tertiary/aromatic N) is 1. The molecule has 2 rings (SSSR count). The number of ether oxygens (including phenoxy) is 2. The maximum absolute atomic E-state index is 12.4. The number of nitro benzene ring substituents is 1. The molecule has 2 aromatic carbocycles. The first-order chi connectivity index (χ1) is 12.3. The highest BCUT2D eigenvalue weighted by atomic mass is 16.6. The summed E-state index contributed by atoms with van der Waals surface area (Å²) in [6.07, 6.45) is -1.03. The zero-order valence-corrected chi connectivity index (χ0v) is 14.7. The molecule has 0 N–H and O–H groups in total. The highest BCUT2D eigenvalue weighted by Crippen LogP contribution is 2.22. The van der Waals surface area contributed by atoms with Gasteiger partial charge in [-0.1, -0.05) is 6.07 Å². The van der Waals surface area contributed by atoms with E-state index in [9.17, 15) is 19.7 Å². The molecule has 0 unspecified atom stereocenters. The van der Waals surface area contributed by atoms with Gasteiger partial charge in [-0.15, -0.1) is 0 Å². The van der Waals surface area contributed by atoms with Crippen molar-refractivity contribution < 1.29 is 24.0 Å². The SMILES string of the molecule is CCOc1ccc(C(=O)[C@H](C)OC(=O)c2cccc([N+](=O)[O-])c2C)cc1. The van der Waals surface area contributed by atoms with Crippen LogP contribution in [0.2, 0.25) is 0 Å². The molecule has 0 saturated carbocycles. The number of ketones is 1. The van der Waals surface area contributed by atoms with E-state index < -0.39 is 17.0 Å².